The average Bonchev–Trinajstić information content (AvgIpc) is 1.95. The van der Waals surface area contributed by atoms with Gasteiger partial charge in [0.05, 0.1) is 6.54 Å². The summed E-state index contributed by atoms with van der Waals surface area (Å²) in [5, 5.41) is 7.15. The van der Waals surface area contributed by atoms with Crippen molar-refractivity contribution in [2.45, 2.75) is 13.8 Å². The number of carbonyl (C=O) groups is 1. The molecule has 13 heavy (non-hydrogen) atoms. The van der Waals surface area contributed by atoms with Gasteiger partial charge in [0.1, 0.15) is 0 Å². The van der Waals surface area contributed by atoms with E-state index in [0.29, 0.717) is 12.5 Å². The molecule has 4 N–H and O–H groups in total. The number of rotatable bonds is 5. The maximum atomic E-state index is 10.9. The van der Waals surface area contributed by atoms with E-state index in [9.17, 15) is 13.2 Å². The Hall–Kier alpha value is -0.660. The van der Waals surface area contributed by atoms with E-state index in [1.807, 2.05) is 18.6 Å². The van der Waals surface area contributed by atoms with E-state index in [0.717, 1.165) is 0 Å². The molecule has 7 heteroatoms. The summed E-state index contributed by atoms with van der Waals surface area (Å²) < 4.78 is 22.6. The van der Waals surface area contributed by atoms with Gasteiger partial charge < -0.3 is 5.32 Å². The largest absolute Gasteiger partial charge is 0.355 e. The van der Waals surface area contributed by atoms with Crippen LogP contribution in [0, 0.1) is 5.92 Å². The maximum absolute atomic E-state index is 10.9. The van der Waals surface area contributed by atoms with Gasteiger partial charge in [-0.05, 0) is 5.92 Å². The van der Waals surface area contributed by atoms with Gasteiger partial charge in [-0.1, -0.05) is 13.8 Å². The van der Waals surface area contributed by atoms with E-state index in [1.165, 1.54) is 0 Å². The van der Waals surface area contributed by atoms with Crippen LogP contribution >= 0.6 is 0 Å². The van der Waals surface area contributed by atoms with Crippen LogP contribution in [0.15, 0.2) is 0 Å². The Bertz CT molecular complexity index is 260. The van der Waals surface area contributed by atoms with Gasteiger partial charge >= 0.3 is 0 Å². The van der Waals surface area contributed by atoms with E-state index >= 15 is 0 Å². The van der Waals surface area contributed by atoms with Crippen LogP contribution in [0.3, 0.4) is 0 Å². The van der Waals surface area contributed by atoms with Gasteiger partial charge in [0.15, 0.2) is 0 Å². The van der Waals surface area contributed by atoms with Crippen molar-refractivity contribution < 1.29 is 13.2 Å². The molecule has 1 amide bonds. The molecule has 0 atom stereocenters. The third-order valence-electron chi connectivity index (χ3n) is 1.14. The Labute approximate surface area is 78.1 Å². The maximum Gasteiger partial charge on any atom is 0.274 e. The zero-order chi connectivity index (χ0) is 10.5. The van der Waals surface area contributed by atoms with Crippen molar-refractivity contribution in [1.29, 1.82) is 0 Å². The number of nitrogens with two attached hydrogens (primary N) is 1. The minimum atomic E-state index is -3.77. The summed E-state index contributed by atoms with van der Waals surface area (Å²) in [7, 11) is -3.77. The third kappa shape index (κ3) is 9.25. The molecule has 0 spiro atoms. The van der Waals surface area contributed by atoms with Gasteiger partial charge in [-0.2, -0.15) is 13.1 Å². The topological polar surface area (TPSA) is 101 Å². The van der Waals surface area contributed by atoms with Crippen molar-refractivity contribution in [1.82, 2.24) is 10.0 Å². The Morgan fingerprint density at radius 3 is 2.38 bits per heavy atom. The standard InChI is InChI=1S/C6H15N3O3S/c1-5(2)3-8-6(10)4-9-13(7,11)12/h5,9H,3-4H2,1-2H3,(H,8,10)(H2,7,11,12). The van der Waals surface area contributed by atoms with Crippen LogP contribution in [0.25, 0.3) is 0 Å². The molecule has 78 valence electrons. The summed E-state index contributed by atoms with van der Waals surface area (Å²) in [5.41, 5.74) is 0. The third-order valence-corrected chi connectivity index (χ3v) is 1.69. The smallest absolute Gasteiger partial charge is 0.274 e. The normalized spacial score (nSPS) is 11.7. The second kappa shape index (κ2) is 5.15. The first-order chi connectivity index (χ1) is 5.81. The van der Waals surface area contributed by atoms with Gasteiger partial charge in [-0.15, -0.1) is 0 Å². The average molecular weight is 209 g/mol. The molecule has 0 aliphatic rings. The molecule has 0 saturated carbocycles. The van der Waals surface area contributed by atoms with E-state index in [4.69, 9.17) is 0 Å². The molecule has 0 heterocycles. The zero-order valence-corrected chi connectivity index (χ0v) is 8.52. The number of carbonyl (C=O) groups excluding carboxylic acids is 1. The van der Waals surface area contributed by atoms with Crippen LogP contribution in [-0.4, -0.2) is 27.4 Å². The fourth-order valence-electron chi connectivity index (χ4n) is 0.547. The van der Waals surface area contributed by atoms with E-state index in [1.54, 1.807) is 0 Å². The number of nitrogens with one attached hydrogen (secondary N) is 2. The highest BCUT2D eigenvalue weighted by Gasteiger charge is 2.06. The highest BCUT2D eigenvalue weighted by atomic mass is 32.2. The number of hydrogen-bond donors (Lipinski definition) is 3. The summed E-state index contributed by atoms with van der Waals surface area (Å²) in [6, 6.07) is 0. The lowest BCUT2D eigenvalue weighted by Gasteiger charge is -2.07. The highest BCUT2D eigenvalue weighted by molar-refractivity contribution is 7.87. The molecule has 0 saturated heterocycles. The molecule has 0 aliphatic carbocycles. The molecule has 0 radical (unpaired) electrons. The highest BCUT2D eigenvalue weighted by Crippen LogP contribution is 1.86. The van der Waals surface area contributed by atoms with Crippen molar-refractivity contribution in [2.24, 2.45) is 11.1 Å². The zero-order valence-electron chi connectivity index (χ0n) is 7.70. The summed E-state index contributed by atoms with van der Waals surface area (Å²) in [6.07, 6.45) is 0. The van der Waals surface area contributed by atoms with Crippen molar-refractivity contribution in [3.63, 3.8) is 0 Å². The van der Waals surface area contributed by atoms with E-state index in [2.05, 4.69) is 10.5 Å². The summed E-state index contributed by atoms with van der Waals surface area (Å²) >= 11 is 0. The lowest BCUT2D eigenvalue weighted by Crippen LogP contribution is -2.40. The SMILES string of the molecule is CC(C)CNC(=O)CNS(N)(=O)=O. The molecule has 0 aliphatic heterocycles. The minimum Gasteiger partial charge on any atom is -0.355 e. The van der Waals surface area contributed by atoms with Gasteiger partial charge in [-0.25, -0.2) is 5.14 Å². The monoisotopic (exact) mass is 209 g/mol. The Morgan fingerprint density at radius 2 is 2.00 bits per heavy atom. The lowest BCUT2D eigenvalue weighted by atomic mass is 10.2. The second-order valence-corrected chi connectivity index (χ2v) is 4.44. The van der Waals surface area contributed by atoms with Crippen LogP contribution in [0.5, 0.6) is 0 Å². The van der Waals surface area contributed by atoms with Crippen LogP contribution in [0.4, 0.5) is 0 Å². The van der Waals surface area contributed by atoms with Crippen LogP contribution < -0.4 is 15.2 Å². The molecule has 0 fully saturated rings. The molecule has 0 aromatic heterocycles. The van der Waals surface area contributed by atoms with Crippen molar-refractivity contribution in [3.8, 4) is 0 Å². The summed E-state index contributed by atoms with van der Waals surface area (Å²) in [4.78, 5) is 10.9. The van der Waals surface area contributed by atoms with Crippen LogP contribution in [-0.2, 0) is 15.0 Å². The fourth-order valence-corrected chi connectivity index (χ4v) is 0.879. The Kier molecular flexibility index (Phi) is 4.89. The van der Waals surface area contributed by atoms with Gasteiger partial charge in [0.2, 0.25) is 5.91 Å². The molecule has 0 aromatic rings. The minimum absolute atomic E-state index is 0.314. The summed E-state index contributed by atoms with van der Waals surface area (Å²) in [5.74, 6) is -0.0545. The van der Waals surface area contributed by atoms with E-state index < -0.39 is 10.2 Å². The van der Waals surface area contributed by atoms with Crippen LogP contribution in [0.2, 0.25) is 0 Å². The van der Waals surface area contributed by atoms with Crippen LogP contribution in [0.1, 0.15) is 13.8 Å². The van der Waals surface area contributed by atoms with E-state index in [-0.39, 0.29) is 12.5 Å². The molecular formula is C6H15N3O3S. The first-order valence-electron chi connectivity index (χ1n) is 3.85. The Balaban J connectivity index is 3.65. The number of hydrogen-bond acceptors (Lipinski definition) is 3. The van der Waals surface area contributed by atoms with Crippen molar-refractivity contribution >= 4 is 16.1 Å². The predicted molar refractivity (Wildman–Crippen MR) is 49.0 cm³/mol. The Morgan fingerprint density at radius 1 is 1.46 bits per heavy atom. The fraction of sp³-hybridized carbons (Fsp3) is 0.833. The van der Waals surface area contributed by atoms with Gasteiger partial charge in [-0.3, -0.25) is 4.79 Å². The molecule has 0 rings (SSSR count). The first-order valence-corrected chi connectivity index (χ1v) is 5.40. The predicted octanol–water partition coefficient (Wildman–Crippen LogP) is -1.45. The van der Waals surface area contributed by atoms with Crippen molar-refractivity contribution in [2.75, 3.05) is 13.1 Å². The molecule has 0 unspecified atom stereocenters. The molecule has 0 aromatic carbocycles. The molecular weight excluding hydrogens is 194 g/mol. The molecule has 6 nitrogen and oxygen atoms in total. The van der Waals surface area contributed by atoms with Gasteiger partial charge in [0.25, 0.3) is 10.2 Å². The summed E-state index contributed by atoms with van der Waals surface area (Å²) in [6.45, 7) is 4.08. The van der Waals surface area contributed by atoms with Crippen molar-refractivity contribution in [3.05, 3.63) is 0 Å². The second-order valence-electron chi connectivity index (χ2n) is 3.06. The molecule has 0 bridgehead atoms. The lowest BCUT2D eigenvalue weighted by molar-refractivity contribution is -0.120. The number of amides is 1. The quantitative estimate of drug-likeness (QED) is 0.516. The van der Waals surface area contributed by atoms with Gasteiger partial charge in [0, 0.05) is 6.54 Å². The first kappa shape index (κ1) is 12.3.